The van der Waals surface area contributed by atoms with Crippen LogP contribution in [0.15, 0.2) is 41.7 Å². The minimum atomic E-state index is 0. The number of hydrogen-bond donors (Lipinski definition) is 2. The van der Waals surface area contributed by atoms with Crippen LogP contribution in [0.25, 0.3) is 0 Å². The van der Waals surface area contributed by atoms with Gasteiger partial charge in [-0.1, -0.05) is 18.2 Å². The Bertz CT molecular complexity index is 716. The van der Waals surface area contributed by atoms with Gasteiger partial charge in [0.15, 0.2) is 5.96 Å². The van der Waals surface area contributed by atoms with E-state index in [2.05, 4.69) is 45.8 Å². The molecule has 2 rings (SSSR count). The van der Waals surface area contributed by atoms with Gasteiger partial charge in [0.1, 0.15) is 5.75 Å². The van der Waals surface area contributed by atoms with E-state index in [0.717, 1.165) is 23.8 Å². The zero-order valence-electron chi connectivity index (χ0n) is 16.8. The maximum Gasteiger partial charge on any atom is 0.191 e. The van der Waals surface area contributed by atoms with Gasteiger partial charge in [0.05, 0.1) is 18.8 Å². The summed E-state index contributed by atoms with van der Waals surface area (Å²) in [5.74, 6) is 1.66. The molecule has 150 valence electrons. The highest BCUT2D eigenvalue weighted by atomic mass is 127. The maximum atomic E-state index is 5.68. The van der Waals surface area contributed by atoms with Crippen LogP contribution in [0.3, 0.4) is 0 Å². The first-order valence-electron chi connectivity index (χ1n) is 8.85. The van der Waals surface area contributed by atoms with Crippen molar-refractivity contribution in [2.24, 2.45) is 12.0 Å². The van der Waals surface area contributed by atoms with E-state index in [9.17, 15) is 0 Å². The summed E-state index contributed by atoms with van der Waals surface area (Å²) in [6, 6.07) is 8.25. The van der Waals surface area contributed by atoms with E-state index >= 15 is 0 Å². The lowest BCUT2D eigenvalue weighted by Crippen LogP contribution is -2.41. The summed E-state index contributed by atoms with van der Waals surface area (Å²) in [5, 5.41) is 11.0. The summed E-state index contributed by atoms with van der Waals surface area (Å²) >= 11 is 0. The van der Waals surface area contributed by atoms with Crippen LogP contribution < -0.4 is 15.4 Å². The number of hydrogen-bond acceptors (Lipinski definition) is 4. The average molecular weight is 486 g/mol. The van der Waals surface area contributed by atoms with Crippen LogP contribution in [0.1, 0.15) is 24.1 Å². The van der Waals surface area contributed by atoms with E-state index in [4.69, 9.17) is 4.74 Å². The quantitative estimate of drug-likeness (QED) is 0.341. The van der Waals surface area contributed by atoms with Gasteiger partial charge in [0, 0.05) is 44.5 Å². The highest BCUT2D eigenvalue weighted by molar-refractivity contribution is 14.0. The SMILES string of the molecule is CCOc1ccccc1CNC(=NC)NCC(c1cnn(C)c1)N(C)C.I. The Labute approximate surface area is 179 Å². The van der Waals surface area contributed by atoms with Crippen molar-refractivity contribution >= 4 is 29.9 Å². The average Bonchev–Trinajstić information content (AvgIpc) is 3.05. The molecule has 8 heteroatoms. The van der Waals surface area contributed by atoms with E-state index in [-0.39, 0.29) is 30.0 Å². The molecule has 1 aromatic carbocycles. The highest BCUT2D eigenvalue weighted by Gasteiger charge is 2.16. The van der Waals surface area contributed by atoms with Crippen molar-refractivity contribution in [3.05, 3.63) is 47.8 Å². The van der Waals surface area contributed by atoms with Crippen LogP contribution in [-0.4, -0.2) is 54.9 Å². The number of guanidine groups is 1. The number of aryl methyl sites for hydroxylation is 1. The lowest BCUT2D eigenvalue weighted by Gasteiger charge is -2.24. The molecule has 1 heterocycles. The zero-order valence-corrected chi connectivity index (χ0v) is 19.1. The Kier molecular flexibility index (Phi) is 10.2. The minimum Gasteiger partial charge on any atom is -0.494 e. The van der Waals surface area contributed by atoms with Gasteiger partial charge in [0.2, 0.25) is 0 Å². The molecule has 0 aliphatic heterocycles. The minimum absolute atomic E-state index is 0. The second-order valence-corrected chi connectivity index (χ2v) is 6.27. The topological polar surface area (TPSA) is 66.7 Å². The molecule has 0 aliphatic rings. The number of ether oxygens (including phenoxy) is 1. The van der Waals surface area contributed by atoms with Crippen LogP contribution in [0, 0.1) is 0 Å². The molecule has 27 heavy (non-hydrogen) atoms. The van der Waals surface area contributed by atoms with Gasteiger partial charge in [-0.05, 0) is 27.1 Å². The monoisotopic (exact) mass is 486 g/mol. The van der Waals surface area contributed by atoms with Crippen LogP contribution in [-0.2, 0) is 13.6 Å². The van der Waals surface area contributed by atoms with E-state index in [1.165, 1.54) is 5.56 Å². The summed E-state index contributed by atoms with van der Waals surface area (Å²) in [5.41, 5.74) is 2.27. The van der Waals surface area contributed by atoms with Gasteiger partial charge in [-0.15, -0.1) is 24.0 Å². The van der Waals surface area contributed by atoms with Crippen molar-refractivity contribution in [3.63, 3.8) is 0 Å². The van der Waals surface area contributed by atoms with Crippen LogP contribution in [0.5, 0.6) is 5.75 Å². The number of likely N-dealkylation sites (N-methyl/N-ethyl adjacent to an activating group) is 1. The number of halogens is 1. The number of aromatic nitrogens is 2. The number of nitrogens with one attached hydrogen (secondary N) is 2. The van der Waals surface area contributed by atoms with Crippen molar-refractivity contribution < 1.29 is 4.74 Å². The summed E-state index contributed by atoms with van der Waals surface area (Å²) in [7, 11) is 7.83. The smallest absolute Gasteiger partial charge is 0.191 e. The molecule has 1 aromatic heterocycles. The summed E-state index contributed by atoms with van der Waals surface area (Å²) in [4.78, 5) is 6.49. The molecule has 0 radical (unpaired) electrons. The van der Waals surface area contributed by atoms with E-state index in [1.54, 1.807) is 7.05 Å². The number of para-hydroxylation sites is 1. The molecule has 0 fully saturated rings. The van der Waals surface area contributed by atoms with Crippen LogP contribution >= 0.6 is 24.0 Å². The molecule has 1 atom stereocenters. The highest BCUT2D eigenvalue weighted by Crippen LogP contribution is 2.18. The number of rotatable bonds is 8. The Morgan fingerprint density at radius 2 is 2.04 bits per heavy atom. The maximum absolute atomic E-state index is 5.68. The lowest BCUT2D eigenvalue weighted by molar-refractivity contribution is 0.298. The van der Waals surface area contributed by atoms with Crippen molar-refractivity contribution in [3.8, 4) is 5.75 Å². The van der Waals surface area contributed by atoms with Gasteiger partial charge < -0.3 is 20.3 Å². The molecule has 2 N–H and O–H groups in total. The van der Waals surface area contributed by atoms with E-state index < -0.39 is 0 Å². The molecule has 1 unspecified atom stereocenters. The third-order valence-electron chi connectivity index (χ3n) is 4.14. The van der Waals surface area contributed by atoms with Crippen molar-refractivity contribution in [2.45, 2.75) is 19.5 Å². The Morgan fingerprint density at radius 1 is 1.30 bits per heavy atom. The van der Waals surface area contributed by atoms with Gasteiger partial charge >= 0.3 is 0 Å². The van der Waals surface area contributed by atoms with Crippen LogP contribution in [0.4, 0.5) is 0 Å². The Hall–Kier alpha value is -1.81. The molecule has 7 nitrogen and oxygen atoms in total. The second-order valence-electron chi connectivity index (χ2n) is 6.27. The summed E-state index contributed by atoms with van der Waals surface area (Å²) < 4.78 is 7.50. The first-order valence-corrected chi connectivity index (χ1v) is 8.85. The van der Waals surface area contributed by atoms with Crippen molar-refractivity contribution in [1.82, 2.24) is 25.3 Å². The molecular weight excluding hydrogens is 455 g/mol. The number of nitrogens with zero attached hydrogens (tertiary/aromatic N) is 4. The lowest BCUT2D eigenvalue weighted by atomic mass is 10.1. The van der Waals surface area contributed by atoms with Crippen molar-refractivity contribution in [2.75, 3.05) is 34.3 Å². The van der Waals surface area contributed by atoms with Crippen LogP contribution in [0.2, 0.25) is 0 Å². The molecule has 2 aromatic rings. The molecule has 0 saturated heterocycles. The molecule has 0 saturated carbocycles. The number of aliphatic imine (C=N–C) groups is 1. The Balaban J connectivity index is 0.00000364. The summed E-state index contributed by atoms with van der Waals surface area (Å²) in [6.45, 7) is 4.02. The summed E-state index contributed by atoms with van der Waals surface area (Å²) in [6.07, 6.45) is 3.95. The predicted octanol–water partition coefficient (Wildman–Crippen LogP) is 2.40. The largest absolute Gasteiger partial charge is 0.494 e. The Morgan fingerprint density at radius 3 is 2.63 bits per heavy atom. The first-order chi connectivity index (χ1) is 12.5. The van der Waals surface area contributed by atoms with Gasteiger partial charge in [-0.25, -0.2) is 0 Å². The fraction of sp³-hybridized carbons (Fsp3) is 0.474. The van der Waals surface area contributed by atoms with E-state index in [1.807, 2.05) is 49.2 Å². The normalized spacial score (nSPS) is 12.4. The first kappa shape index (κ1) is 23.2. The second kappa shape index (κ2) is 11.8. The molecular formula is C19H31IN6O. The van der Waals surface area contributed by atoms with Gasteiger partial charge in [-0.3, -0.25) is 9.67 Å². The predicted molar refractivity (Wildman–Crippen MR) is 121 cm³/mol. The molecule has 0 amide bonds. The van der Waals surface area contributed by atoms with Gasteiger partial charge in [-0.2, -0.15) is 5.10 Å². The van der Waals surface area contributed by atoms with Crippen molar-refractivity contribution in [1.29, 1.82) is 0 Å². The zero-order chi connectivity index (χ0) is 18.9. The van der Waals surface area contributed by atoms with E-state index in [0.29, 0.717) is 13.2 Å². The fourth-order valence-corrected chi connectivity index (χ4v) is 2.75. The third-order valence-corrected chi connectivity index (χ3v) is 4.14. The third kappa shape index (κ3) is 7.02. The molecule has 0 aliphatic carbocycles. The van der Waals surface area contributed by atoms with Gasteiger partial charge in [0.25, 0.3) is 0 Å². The number of benzene rings is 1. The molecule has 0 bridgehead atoms. The standard InChI is InChI=1S/C19H30N6O.HI/c1-6-26-18-10-8-7-9-15(18)11-21-19(20-2)22-13-17(24(3)4)16-12-23-25(5)14-16;/h7-10,12,14,17H,6,11,13H2,1-5H3,(H2,20,21,22);1H. The fourth-order valence-electron chi connectivity index (χ4n) is 2.75. The molecule has 0 spiro atoms.